The summed E-state index contributed by atoms with van der Waals surface area (Å²) in [5, 5.41) is 21.4. The Kier molecular flexibility index (Phi) is 19.1. The monoisotopic (exact) mass is 1060 g/mol. The Morgan fingerprint density at radius 3 is 1.79 bits per heavy atom. The van der Waals surface area contributed by atoms with E-state index in [1.54, 1.807) is 98.7 Å². The second kappa shape index (κ2) is 24.6. The number of fused-ring (bicyclic) bond motifs is 5. The molecule has 0 saturated carbocycles. The predicted octanol–water partition coefficient (Wildman–Crippen LogP) is 8.93. The molecule has 5 rings (SSSR count). The number of hydrogen-bond donors (Lipinski definition) is 5. The third kappa shape index (κ3) is 17.5. The van der Waals surface area contributed by atoms with Gasteiger partial charge in [-0.2, -0.15) is 0 Å². The van der Waals surface area contributed by atoms with Crippen molar-refractivity contribution in [2.75, 3.05) is 13.6 Å². The third-order valence-electron chi connectivity index (χ3n) is 11.1. The van der Waals surface area contributed by atoms with E-state index in [-0.39, 0.29) is 59.6 Å². The Balaban J connectivity index is 1.63. The second-order valence-corrected chi connectivity index (χ2v) is 21.4. The lowest BCUT2D eigenvalue weighted by molar-refractivity contribution is -0.143. The Bertz CT molecular complexity index is 2760. The quantitative estimate of drug-likeness (QED) is 0.0363. The molecule has 4 bridgehead atoms. The summed E-state index contributed by atoms with van der Waals surface area (Å²) in [6.07, 6.45) is -2.52. The van der Waals surface area contributed by atoms with Crippen LogP contribution in [0.2, 0.25) is 5.02 Å². The number of nitrogens with one attached hydrogen (secondary N) is 4. The summed E-state index contributed by atoms with van der Waals surface area (Å²) < 4.78 is 27.8. The van der Waals surface area contributed by atoms with Crippen molar-refractivity contribution >= 4 is 59.6 Å². The summed E-state index contributed by atoms with van der Waals surface area (Å²) in [5.41, 5.74) is -0.410. The van der Waals surface area contributed by atoms with Crippen LogP contribution in [0.4, 0.5) is 14.4 Å². The van der Waals surface area contributed by atoms with Crippen molar-refractivity contribution in [1.29, 1.82) is 0 Å². The maximum absolute atomic E-state index is 15.1. The van der Waals surface area contributed by atoms with Gasteiger partial charge in [-0.3, -0.25) is 19.2 Å². The van der Waals surface area contributed by atoms with E-state index in [0.717, 1.165) is 16.0 Å². The highest BCUT2D eigenvalue weighted by Gasteiger charge is 2.37. The van der Waals surface area contributed by atoms with E-state index < -0.39 is 89.0 Å². The fourth-order valence-electron chi connectivity index (χ4n) is 7.69. The molecule has 0 saturated heterocycles. The molecule has 0 radical (unpaired) electrons. The maximum Gasteiger partial charge on any atom is 0.514 e. The molecule has 4 aromatic carbocycles. The lowest BCUT2D eigenvalue weighted by Crippen LogP contribution is -2.54. The molecule has 4 aromatic rings. The Morgan fingerprint density at radius 2 is 1.24 bits per heavy atom. The lowest BCUT2D eigenvalue weighted by Gasteiger charge is -2.32. The minimum atomic E-state index is -1.62. The molecular weight excluding hydrogens is 990 g/mol. The number of carbonyl (C=O) groups excluding carboxylic acids is 7. The van der Waals surface area contributed by atoms with Crippen LogP contribution in [0.1, 0.15) is 116 Å². The number of nitrogens with zero attached hydrogens (tertiary/aromatic N) is 1. The van der Waals surface area contributed by atoms with Crippen molar-refractivity contribution in [3.8, 4) is 33.8 Å². The Labute approximate surface area is 441 Å². The van der Waals surface area contributed by atoms with Gasteiger partial charge >= 0.3 is 24.4 Å². The van der Waals surface area contributed by atoms with Crippen molar-refractivity contribution in [2.45, 2.75) is 136 Å². The number of carboxylic acids is 1. The molecule has 402 valence electrons. The van der Waals surface area contributed by atoms with Gasteiger partial charge in [0.1, 0.15) is 52.5 Å². The summed E-state index contributed by atoms with van der Waals surface area (Å²) >= 11 is 6.09. The largest absolute Gasteiger partial charge is 0.514 e. The number of carbonyl (C=O) groups is 8. The minimum Gasteiger partial charge on any atom is -0.480 e. The van der Waals surface area contributed by atoms with Crippen molar-refractivity contribution in [2.24, 2.45) is 0 Å². The van der Waals surface area contributed by atoms with Crippen LogP contribution in [0.25, 0.3) is 22.3 Å². The summed E-state index contributed by atoms with van der Waals surface area (Å²) in [6.45, 7) is 16.5. The normalized spacial score (nSPS) is 16.3. The van der Waals surface area contributed by atoms with Gasteiger partial charge < -0.3 is 55.0 Å². The minimum absolute atomic E-state index is 0.0165. The number of likely N-dealkylation sites (N-methyl/N-ethyl adjacent to an activating group) is 1. The number of rotatable bonds is 13. The number of ether oxygens (including phenoxy) is 5. The molecule has 20 heteroatoms. The Hall–Kier alpha value is -7.67. The van der Waals surface area contributed by atoms with Gasteiger partial charge in [0.05, 0.1) is 0 Å². The topological polar surface area (TPSA) is 254 Å². The van der Waals surface area contributed by atoms with Gasteiger partial charge in [0.25, 0.3) is 5.91 Å². The van der Waals surface area contributed by atoms with Crippen LogP contribution in [-0.4, -0.2) is 107 Å². The van der Waals surface area contributed by atoms with Crippen molar-refractivity contribution in [3.63, 3.8) is 0 Å². The van der Waals surface area contributed by atoms with Crippen molar-refractivity contribution in [1.82, 2.24) is 26.2 Å². The zero-order chi connectivity index (χ0) is 55.6. The highest BCUT2D eigenvalue weighted by molar-refractivity contribution is 6.30. The number of unbranched alkanes of at least 4 members (excludes halogenated alkanes) is 1. The molecule has 5 amide bonds. The number of halogens is 1. The number of hydrogen-bond acceptors (Lipinski definition) is 13. The smallest absolute Gasteiger partial charge is 0.480 e. The van der Waals surface area contributed by atoms with Crippen LogP contribution in [0.5, 0.6) is 11.5 Å². The molecule has 75 heavy (non-hydrogen) atoms. The maximum atomic E-state index is 15.1. The van der Waals surface area contributed by atoms with Crippen LogP contribution in [0, 0.1) is 0 Å². The molecule has 0 aliphatic carbocycles. The molecule has 0 fully saturated rings. The van der Waals surface area contributed by atoms with E-state index in [1.807, 2.05) is 12.1 Å². The van der Waals surface area contributed by atoms with Gasteiger partial charge in [-0.05, 0) is 159 Å². The average molecular weight is 1060 g/mol. The zero-order valence-electron chi connectivity index (χ0n) is 44.0. The van der Waals surface area contributed by atoms with Crippen LogP contribution in [-0.2, 0) is 39.8 Å². The standard InChI is InChI=1S/C55H66ClN5O14/c1-31-45(62)60-41(49(66)67)29-32-15-25-42(71-51(69)74-54(5,6)7)38(28-32)39-30-36(22-26-43(39)72-52(70)75-55(8,9)10)44(47(64)58-31)61(11)48(65)40(14-12-13-27-57-50(68)73-53(2,3)4)59-46(63)35-18-16-33(17-19-35)34-20-23-37(56)24-21-34/h15-26,28,30-31,40-41,44H,12-14,27,29H2,1-11H3,(H,57,68)(H,58,64)(H,59,63)(H,60,62)(H,66,67). The number of carboxylic acid groups (broad SMARTS) is 1. The molecule has 4 unspecified atom stereocenters. The van der Waals surface area contributed by atoms with E-state index in [0.29, 0.717) is 17.0 Å². The summed E-state index contributed by atoms with van der Waals surface area (Å²) in [6, 6.07) is 16.5. The number of alkyl carbamates (subject to hydrolysis) is 1. The molecule has 1 aliphatic rings. The number of aliphatic carboxylic acids is 1. The lowest BCUT2D eigenvalue weighted by atomic mass is 9.93. The summed E-state index contributed by atoms with van der Waals surface area (Å²) in [5.74, 6) is -4.86. The van der Waals surface area contributed by atoms with Gasteiger partial charge in [-0.25, -0.2) is 19.2 Å². The molecule has 0 aromatic heterocycles. The highest BCUT2D eigenvalue weighted by atomic mass is 35.5. The van der Waals surface area contributed by atoms with Crippen LogP contribution < -0.4 is 30.7 Å². The molecule has 5 N–H and O–H groups in total. The fourth-order valence-corrected chi connectivity index (χ4v) is 7.82. The first kappa shape index (κ1) is 58.2. The first-order valence-electron chi connectivity index (χ1n) is 24.3. The predicted molar refractivity (Wildman–Crippen MR) is 278 cm³/mol. The molecule has 19 nitrogen and oxygen atoms in total. The van der Waals surface area contributed by atoms with E-state index in [1.165, 1.54) is 50.4 Å². The second-order valence-electron chi connectivity index (χ2n) is 20.9. The Morgan fingerprint density at radius 1 is 0.707 bits per heavy atom. The van der Waals surface area contributed by atoms with Crippen LogP contribution in [0.3, 0.4) is 0 Å². The van der Waals surface area contributed by atoms with E-state index >= 15 is 4.79 Å². The number of benzene rings is 4. The summed E-state index contributed by atoms with van der Waals surface area (Å²) in [4.78, 5) is 110. The van der Waals surface area contributed by atoms with Crippen molar-refractivity contribution < 1.29 is 67.1 Å². The highest BCUT2D eigenvalue weighted by Crippen LogP contribution is 2.41. The number of amides is 5. The summed E-state index contributed by atoms with van der Waals surface area (Å²) in [7, 11) is 1.33. The van der Waals surface area contributed by atoms with Gasteiger partial charge in [-0.1, -0.05) is 48.0 Å². The third-order valence-corrected chi connectivity index (χ3v) is 11.4. The van der Waals surface area contributed by atoms with Gasteiger partial charge in [0, 0.05) is 41.7 Å². The first-order valence-corrected chi connectivity index (χ1v) is 24.7. The molecule has 0 spiro atoms. The first-order chi connectivity index (χ1) is 35.0. The van der Waals surface area contributed by atoms with E-state index in [9.17, 15) is 38.7 Å². The fraction of sp³-hybridized carbons (Fsp3) is 0.418. The van der Waals surface area contributed by atoms with E-state index in [4.69, 9.17) is 35.3 Å². The average Bonchev–Trinajstić information content (AvgIpc) is 3.29. The van der Waals surface area contributed by atoms with Gasteiger partial charge in [-0.15, -0.1) is 0 Å². The SMILES string of the molecule is CC1NC(=O)C(N(C)C(=O)C(CCCCNC(=O)OC(C)(C)C)NC(=O)c2ccc(-c3ccc(Cl)cc3)cc2)c2ccc(OC(=O)OC(C)(C)C)c(c2)-c2cc(ccc2OC(=O)OC(C)(C)C)CC(C(=O)O)NC1=O. The zero-order valence-corrected chi connectivity index (χ0v) is 44.8. The van der Waals surface area contributed by atoms with Crippen molar-refractivity contribution in [3.05, 3.63) is 107 Å². The van der Waals surface area contributed by atoms with E-state index in [2.05, 4.69) is 21.3 Å². The van der Waals surface area contributed by atoms with Crippen LogP contribution in [0.15, 0.2) is 84.9 Å². The molecule has 4 atom stereocenters. The molecule has 1 heterocycles. The van der Waals surface area contributed by atoms with Gasteiger partial charge in [0.2, 0.25) is 17.7 Å². The van der Waals surface area contributed by atoms with Crippen LogP contribution >= 0.6 is 11.6 Å². The van der Waals surface area contributed by atoms with Gasteiger partial charge in [0.15, 0.2) is 0 Å². The molecule has 1 aliphatic heterocycles. The molecular formula is C55H66ClN5O14.